The lowest BCUT2D eigenvalue weighted by atomic mass is 9.71. The van der Waals surface area contributed by atoms with Crippen LogP contribution in [0.2, 0.25) is 0 Å². The fraction of sp³-hybridized carbons (Fsp3) is 0.500. The summed E-state index contributed by atoms with van der Waals surface area (Å²) in [6.07, 6.45) is 0.336. The number of piperidine rings is 2. The number of nitrogens with zero attached hydrogens (tertiary/aromatic N) is 3. The van der Waals surface area contributed by atoms with Crippen molar-refractivity contribution in [3.63, 3.8) is 0 Å². The van der Waals surface area contributed by atoms with Gasteiger partial charge in [-0.2, -0.15) is 13.8 Å². The van der Waals surface area contributed by atoms with E-state index < -0.39 is 11.7 Å². The maximum atomic E-state index is 14.4. The second-order valence-electron chi connectivity index (χ2n) is 8.41. The Kier molecular flexibility index (Phi) is 4.12. The molecule has 3 aliphatic rings. The van der Waals surface area contributed by atoms with Gasteiger partial charge < -0.3 is 19.2 Å². The number of thiazole rings is 1. The number of rotatable bonds is 5. The maximum Gasteiger partial charge on any atom is 0.426 e. The number of anilines is 1. The quantitative estimate of drug-likeness (QED) is 0.652. The second-order valence-corrected chi connectivity index (χ2v) is 9.30. The summed E-state index contributed by atoms with van der Waals surface area (Å²) in [6, 6.07) is 3.48. The number of aliphatic hydroxyl groups is 1. The van der Waals surface area contributed by atoms with E-state index in [1.54, 1.807) is 12.3 Å². The highest BCUT2D eigenvalue weighted by Gasteiger charge is 2.49. The molecule has 1 saturated carbocycles. The number of ether oxygens (including phenoxy) is 1. The summed E-state index contributed by atoms with van der Waals surface area (Å²) in [5.41, 5.74) is -1.11. The third-order valence-electron chi connectivity index (χ3n) is 5.67. The Morgan fingerprint density at radius 2 is 1.97 bits per heavy atom. The van der Waals surface area contributed by atoms with Gasteiger partial charge in [0.2, 0.25) is 0 Å². The van der Waals surface area contributed by atoms with Crippen LogP contribution in [0.1, 0.15) is 26.7 Å². The Balaban J connectivity index is 1.60. The number of hydrogen-bond acceptors (Lipinski definition) is 7. The summed E-state index contributed by atoms with van der Waals surface area (Å²) in [4.78, 5) is 10.9. The second kappa shape index (κ2) is 6.37. The molecule has 29 heavy (non-hydrogen) atoms. The van der Waals surface area contributed by atoms with Crippen molar-refractivity contribution < 1.29 is 23.0 Å². The van der Waals surface area contributed by atoms with Crippen LogP contribution >= 0.6 is 11.3 Å². The monoisotopic (exact) mass is 421 g/mol. The minimum Gasteiger partial charge on any atom is -0.428 e. The number of alkyl halides is 2. The topological polar surface area (TPSA) is 71.6 Å². The van der Waals surface area contributed by atoms with E-state index in [0.717, 1.165) is 26.9 Å². The molecule has 1 aromatic carbocycles. The Labute approximate surface area is 170 Å². The first kappa shape index (κ1) is 18.7. The normalized spacial score (nSPS) is 22.0. The van der Waals surface area contributed by atoms with Crippen LogP contribution in [0.25, 0.3) is 21.7 Å². The molecule has 9 heteroatoms. The number of fused-ring (bicyclic) bond motifs is 3. The molecule has 3 fully saturated rings. The summed E-state index contributed by atoms with van der Waals surface area (Å²) in [5.74, 6) is 1.14. The van der Waals surface area contributed by atoms with E-state index >= 15 is 0 Å². The van der Waals surface area contributed by atoms with E-state index in [0.29, 0.717) is 34.0 Å². The molecule has 4 heterocycles. The molecule has 154 valence electrons. The highest BCUT2D eigenvalue weighted by molar-refractivity contribution is 7.13. The molecular weight excluding hydrogens is 400 g/mol. The van der Waals surface area contributed by atoms with Crippen LogP contribution in [0, 0.1) is 11.8 Å². The number of halogens is 2. The number of oxazole rings is 1. The number of hydrogen-bond donors (Lipinski definition) is 1. The average molecular weight is 421 g/mol. The van der Waals surface area contributed by atoms with Crippen LogP contribution in [0.5, 0.6) is 5.75 Å². The molecule has 1 aliphatic carbocycles. The minimum absolute atomic E-state index is 0.135. The third kappa shape index (κ3) is 3.16. The van der Waals surface area contributed by atoms with Crippen molar-refractivity contribution in [3.05, 3.63) is 23.7 Å². The predicted octanol–water partition coefficient (Wildman–Crippen LogP) is 4.54. The van der Waals surface area contributed by atoms with E-state index in [1.165, 1.54) is 30.2 Å². The Morgan fingerprint density at radius 1 is 1.24 bits per heavy atom. The fourth-order valence-electron chi connectivity index (χ4n) is 4.00. The predicted molar refractivity (Wildman–Crippen MR) is 105 cm³/mol. The van der Waals surface area contributed by atoms with Crippen molar-refractivity contribution >= 4 is 28.5 Å². The standard InChI is InChI=1S/C20H21F2N3O3S/c1-19(2,26)20(21,22)28-14-4-3-13(17-23-5-6-29-17)16-15(14)24-18(27-16)25-9-11-7-12(8-11)10-25/h3-6,11-12,26H,7-10H2,1-2H3. The smallest absolute Gasteiger partial charge is 0.426 e. The molecule has 6 nitrogen and oxygen atoms in total. The molecule has 3 aromatic rings. The summed E-state index contributed by atoms with van der Waals surface area (Å²) >= 11 is 1.42. The van der Waals surface area contributed by atoms with Gasteiger partial charge in [-0.05, 0) is 50.7 Å². The summed E-state index contributed by atoms with van der Waals surface area (Å²) in [5, 5.41) is 12.3. The number of benzene rings is 1. The van der Waals surface area contributed by atoms with Crippen LogP contribution in [-0.4, -0.2) is 39.9 Å². The molecule has 0 radical (unpaired) electrons. The third-order valence-corrected chi connectivity index (χ3v) is 6.48. The van der Waals surface area contributed by atoms with Crippen LogP contribution in [0.4, 0.5) is 14.8 Å². The van der Waals surface area contributed by atoms with E-state index in [-0.39, 0.29) is 11.3 Å². The molecular formula is C20H21F2N3O3S. The summed E-state index contributed by atoms with van der Waals surface area (Å²) in [6.45, 7) is 3.71. The molecule has 0 unspecified atom stereocenters. The zero-order chi connectivity index (χ0) is 20.4. The van der Waals surface area contributed by atoms with Crippen LogP contribution < -0.4 is 9.64 Å². The van der Waals surface area contributed by atoms with Crippen molar-refractivity contribution in [3.8, 4) is 16.3 Å². The van der Waals surface area contributed by atoms with Gasteiger partial charge in [-0.25, -0.2) is 4.98 Å². The van der Waals surface area contributed by atoms with Gasteiger partial charge in [-0.3, -0.25) is 0 Å². The molecule has 0 amide bonds. The van der Waals surface area contributed by atoms with Crippen molar-refractivity contribution in [1.29, 1.82) is 0 Å². The summed E-state index contributed by atoms with van der Waals surface area (Å²) < 4.78 is 39.8. The lowest BCUT2D eigenvalue weighted by Gasteiger charge is -2.46. The van der Waals surface area contributed by atoms with E-state index in [4.69, 9.17) is 9.15 Å². The number of aromatic nitrogens is 2. The Bertz CT molecular complexity index is 1030. The summed E-state index contributed by atoms with van der Waals surface area (Å²) in [7, 11) is 0. The van der Waals surface area contributed by atoms with E-state index in [1.807, 2.05) is 5.38 Å². The highest BCUT2D eigenvalue weighted by atomic mass is 32.1. The molecule has 2 aliphatic heterocycles. The van der Waals surface area contributed by atoms with Crippen LogP contribution in [0.15, 0.2) is 28.1 Å². The SMILES string of the molecule is CC(C)(O)C(F)(F)Oc1ccc(-c2nccs2)c2oc(N3CC4CC(C4)C3)nc12. The van der Waals surface area contributed by atoms with Crippen LogP contribution in [0.3, 0.4) is 0 Å². The average Bonchev–Trinajstić information content (AvgIpc) is 3.30. The lowest BCUT2D eigenvalue weighted by molar-refractivity contribution is -0.275. The first-order chi connectivity index (χ1) is 13.7. The largest absolute Gasteiger partial charge is 0.428 e. The Hall–Kier alpha value is -2.26. The zero-order valence-electron chi connectivity index (χ0n) is 16.1. The van der Waals surface area contributed by atoms with Gasteiger partial charge in [0.25, 0.3) is 6.01 Å². The first-order valence-electron chi connectivity index (χ1n) is 9.59. The first-order valence-corrected chi connectivity index (χ1v) is 10.5. The van der Waals surface area contributed by atoms with Crippen molar-refractivity contribution in [1.82, 2.24) is 9.97 Å². The van der Waals surface area contributed by atoms with Gasteiger partial charge in [-0.15, -0.1) is 11.3 Å². The van der Waals surface area contributed by atoms with Gasteiger partial charge in [0.15, 0.2) is 22.5 Å². The maximum absolute atomic E-state index is 14.4. The van der Waals surface area contributed by atoms with Gasteiger partial charge >= 0.3 is 6.11 Å². The minimum atomic E-state index is -3.80. The van der Waals surface area contributed by atoms with Gasteiger partial charge in [-0.1, -0.05) is 0 Å². The van der Waals surface area contributed by atoms with E-state index in [9.17, 15) is 13.9 Å². The van der Waals surface area contributed by atoms with Gasteiger partial charge in [0.05, 0.1) is 5.56 Å². The van der Waals surface area contributed by atoms with Gasteiger partial charge in [0, 0.05) is 24.7 Å². The molecule has 0 spiro atoms. The highest BCUT2D eigenvalue weighted by Crippen LogP contribution is 2.44. The molecule has 2 saturated heterocycles. The molecule has 2 aromatic heterocycles. The lowest BCUT2D eigenvalue weighted by Crippen LogP contribution is -2.48. The Morgan fingerprint density at radius 3 is 2.59 bits per heavy atom. The van der Waals surface area contributed by atoms with Crippen molar-refractivity contribution in [2.75, 3.05) is 18.0 Å². The van der Waals surface area contributed by atoms with Gasteiger partial charge in [0.1, 0.15) is 5.01 Å². The molecule has 6 rings (SSSR count). The zero-order valence-corrected chi connectivity index (χ0v) is 16.9. The van der Waals surface area contributed by atoms with E-state index in [2.05, 4.69) is 14.9 Å². The molecule has 1 N–H and O–H groups in total. The van der Waals surface area contributed by atoms with Crippen LogP contribution in [-0.2, 0) is 0 Å². The van der Waals surface area contributed by atoms with Crippen molar-refractivity contribution in [2.45, 2.75) is 38.4 Å². The molecule has 2 bridgehead atoms. The fourth-order valence-corrected chi connectivity index (χ4v) is 4.66. The molecule has 0 atom stereocenters. The van der Waals surface area contributed by atoms with Crippen molar-refractivity contribution in [2.24, 2.45) is 11.8 Å².